The fourth-order valence-corrected chi connectivity index (χ4v) is 4.41. The first kappa shape index (κ1) is 18.0. The largest absolute Gasteiger partial charge is 0.480 e. The molecule has 2 aliphatic heterocycles. The number of carbonyl (C=O) groups is 1. The SMILES string of the molecule is Cc1cc2c(s1)Nc1ccccc1N=C2N1CCN(CC(N)C(=O)O)CC1. The molecule has 0 amide bonds. The normalized spacial score (nSPS) is 18.0. The molecule has 2 aliphatic rings. The van der Waals surface area contributed by atoms with Crippen LogP contribution in [0.4, 0.5) is 16.4 Å². The van der Waals surface area contributed by atoms with Crippen LogP contribution in [0.15, 0.2) is 35.3 Å². The number of rotatable bonds is 3. The minimum atomic E-state index is -0.952. The molecule has 0 aliphatic carbocycles. The smallest absolute Gasteiger partial charge is 0.321 e. The summed E-state index contributed by atoms with van der Waals surface area (Å²) >= 11 is 1.74. The van der Waals surface area contributed by atoms with Crippen LogP contribution in [-0.2, 0) is 4.79 Å². The standard InChI is InChI=1S/C19H23N5O2S/c1-12-10-13-17(21-15-4-2-3-5-16(15)22-18(13)27-12)24-8-6-23(7-9-24)11-14(20)19(25)26/h2-5,10,14,22H,6-9,11,20H2,1H3,(H,25,26). The highest BCUT2D eigenvalue weighted by molar-refractivity contribution is 7.16. The second-order valence-electron chi connectivity index (χ2n) is 6.91. The summed E-state index contributed by atoms with van der Waals surface area (Å²) in [5.74, 6) is 0.0284. The first-order valence-corrected chi connectivity index (χ1v) is 9.84. The van der Waals surface area contributed by atoms with E-state index in [4.69, 9.17) is 15.8 Å². The quantitative estimate of drug-likeness (QED) is 0.750. The Morgan fingerprint density at radius 1 is 1.33 bits per heavy atom. The van der Waals surface area contributed by atoms with Crippen LogP contribution in [0.1, 0.15) is 10.4 Å². The number of thiophene rings is 1. The van der Waals surface area contributed by atoms with Crippen molar-refractivity contribution in [2.45, 2.75) is 13.0 Å². The molecule has 0 bridgehead atoms. The molecule has 1 unspecified atom stereocenters. The van der Waals surface area contributed by atoms with Crippen LogP contribution in [0.25, 0.3) is 0 Å². The van der Waals surface area contributed by atoms with E-state index in [9.17, 15) is 4.79 Å². The number of piperazine rings is 1. The number of hydrogen-bond acceptors (Lipinski definition) is 7. The number of benzene rings is 1. The Morgan fingerprint density at radius 3 is 2.81 bits per heavy atom. The number of carboxylic acid groups (broad SMARTS) is 1. The number of hydrogen-bond donors (Lipinski definition) is 3. The molecule has 142 valence electrons. The van der Waals surface area contributed by atoms with Crippen molar-refractivity contribution in [2.24, 2.45) is 10.7 Å². The molecule has 1 aromatic heterocycles. The van der Waals surface area contributed by atoms with Gasteiger partial charge in [-0.05, 0) is 25.1 Å². The molecular weight excluding hydrogens is 362 g/mol. The monoisotopic (exact) mass is 385 g/mol. The van der Waals surface area contributed by atoms with Crippen molar-refractivity contribution in [2.75, 3.05) is 38.0 Å². The maximum atomic E-state index is 11.0. The number of anilines is 2. The van der Waals surface area contributed by atoms with Crippen molar-refractivity contribution in [3.8, 4) is 0 Å². The molecule has 4 rings (SSSR count). The summed E-state index contributed by atoms with van der Waals surface area (Å²) in [5, 5.41) is 13.7. The summed E-state index contributed by atoms with van der Waals surface area (Å²) in [6, 6.07) is 9.42. The summed E-state index contributed by atoms with van der Waals surface area (Å²) in [5.41, 5.74) is 8.76. The molecule has 1 saturated heterocycles. The van der Waals surface area contributed by atoms with Gasteiger partial charge in [0.25, 0.3) is 0 Å². The zero-order valence-electron chi connectivity index (χ0n) is 15.2. The van der Waals surface area contributed by atoms with Crippen LogP contribution >= 0.6 is 11.3 Å². The molecule has 1 fully saturated rings. The second-order valence-corrected chi connectivity index (χ2v) is 8.17. The lowest BCUT2D eigenvalue weighted by molar-refractivity contribution is -0.139. The van der Waals surface area contributed by atoms with Gasteiger partial charge in [-0.15, -0.1) is 11.3 Å². The third kappa shape index (κ3) is 3.69. The van der Waals surface area contributed by atoms with E-state index in [1.807, 2.05) is 24.3 Å². The lowest BCUT2D eigenvalue weighted by atomic mass is 10.2. The Hall–Kier alpha value is -2.42. The average molecular weight is 385 g/mol. The number of fused-ring (bicyclic) bond motifs is 2. The van der Waals surface area contributed by atoms with E-state index in [2.05, 4.69) is 28.1 Å². The third-order valence-electron chi connectivity index (χ3n) is 4.92. The minimum Gasteiger partial charge on any atom is -0.480 e. The molecule has 7 nitrogen and oxygen atoms in total. The van der Waals surface area contributed by atoms with Crippen molar-refractivity contribution in [3.63, 3.8) is 0 Å². The van der Waals surface area contributed by atoms with Gasteiger partial charge in [-0.1, -0.05) is 12.1 Å². The van der Waals surface area contributed by atoms with Gasteiger partial charge in [0.1, 0.15) is 16.9 Å². The Kier molecular flexibility index (Phi) is 4.86. The molecule has 1 aromatic carbocycles. The van der Waals surface area contributed by atoms with Gasteiger partial charge in [-0.25, -0.2) is 4.99 Å². The Labute approximate surface area is 162 Å². The summed E-state index contributed by atoms with van der Waals surface area (Å²) < 4.78 is 0. The van der Waals surface area contributed by atoms with E-state index < -0.39 is 12.0 Å². The molecule has 0 spiro atoms. The summed E-state index contributed by atoms with van der Waals surface area (Å²) in [6.07, 6.45) is 0. The molecule has 4 N–H and O–H groups in total. The van der Waals surface area contributed by atoms with E-state index in [1.54, 1.807) is 11.3 Å². The highest BCUT2D eigenvalue weighted by Crippen LogP contribution is 2.39. The summed E-state index contributed by atoms with van der Waals surface area (Å²) in [6.45, 7) is 5.61. The molecular formula is C19H23N5O2S. The first-order chi connectivity index (χ1) is 13.0. The van der Waals surface area contributed by atoms with Gasteiger partial charge in [0.05, 0.1) is 16.9 Å². The third-order valence-corrected chi connectivity index (χ3v) is 5.88. The Bertz CT molecular complexity index is 886. The van der Waals surface area contributed by atoms with E-state index in [1.165, 1.54) is 4.88 Å². The second kappa shape index (κ2) is 7.30. The fourth-order valence-electron chi connectivity index (χ4n) is 3.49. The number of nitrogens with zero attached hydrogens (tertiary/aromatic N) is 3. The van der Waals surface area contributed by atoms with Crippen molar-refractivity contribution in [1.29, 1.82) is 0 Å². The van der Waals surface area contributed by atoms with E-state index in [0.717, 1.165) is 54.0 Å². The maximum absolute atomic E-state index is 11.0. The van der Waals surface area contributed by atoms with Crippen molar-refractivity contribution in [3.05, 3.63) is 40.8 Å². The number of nitrogens with two attached hydrogens (primary N) is 1. The van der Waals surface area contributed by atoms with Crippen LogP contribution in [-0.4, -0.2) is 65.5 Å². The van der Waals surface area contributed by atoms with Gasteiger partial charge in [0.2, 0.25) is 0 Å². The van der Waals surface area contributed by atoms with Crippen molar-refractivity contribution in [1.82, 2.24) is 9.80 Å². The fraction of sp³-hybridized carbons (Fsp3) is 0.368. The van der Waals surface area contributed by atoms with Crippen LogP contribution in [0.2, 0.25) is 0 Å². The molecule has 8 heteroatoms. The number of aliphatic imine (C=N–C) groups is 1. The van der Waals surface area contributed by atoms with Crippen LogP contribution in [0, 0.1) is 6.92 Å². The molecule has 3 heterocycles. The van der Waals surface area contributed by atoms with Crippen molar-refractivity contribution < 1.29 is 9.90 Å². The average Bonchev–Trinajstić information content (AvgIpc) is 2.94. The highest BCUT2D eigenvalue weighted by Gasteiger charge is 2.27. The predicted octanol–water partition coefficient (Wildman–Crippen LogP) is 2.22. The van der Waals surface area contributed by atoms with Gasteiger partial charge in [0, 0.05) is 37.6 Å². The number of aliphatic carboxylic acids is 1. The maximum Gasteiger partial charge on any atom is 0.321 e. The van der Waals surface area contributed by atoms with Gasteiger partial charge in [-0.3, -0.25) is 9.69 Å². The van der Waals surface area contributed by atoms with E-state index in [-0.39, 0.29) is 0 Å². The Balaban J connectivity index is 1.57. The molecule has 0 radical (unpaired) electrons. The number of amidine groups is 1. The molecule has 27 heavy (non-hydrogen) atoms. The summed E-state index contributed by atoms with van der Waals surface area (Å²) in [7, 11) is 0. The lowest BCUT2D eigenvalue weighted by Crippen LogP contribution is -2.52. The van der Waals surface area contributed by atoms with Gasteiger partial charge >= 0.3 is 5.97 Å². The zero-order chi connectivity index (χ0) is 19.0. The topological polar surface area (TPSA) is 94.2 Å². The predicted molar refractivity (Wildman–Crippen MR) is 109 cm³/mol. The zero-order valence-corrected chi connectivity index (χ0v) is 16.0. The Morgan fingerprint density at radius 2 is 2.07 bits per heavy atom. The van der Waals surface area contributed by atoms with Crippen LogP contribution in [0.3, 0.4) is 0 Å². The number of para-hydroxylation sites is 2. The van der Waals surface area contributed by atoms with Gasteiger partial charge in [0.15, 0.2) is 0 Å². The number of aryl methyl sites for hydroxylation is 1. The van der Waals surface area contributed by atoms with Crippen LogP contribution in [0.5, 0.6) is 0 Å². The van der Waals surface area contributed by atoms with Crippen molar-refractivity contribution >= 4 is 39.5 Å². The van der Waals surface area contributed by atoms with Crippen LogP contribution < -0.4 is 11.1 Å². The number of carboxylic acids is 1. The lowest BCUT2D eigenvalue weighted by Gasteiger charge is -2.36. The molecule has 2 aromatic rings. The van der Waals surface area contributed by atoms with E-state index >= 15 is 0 Å². The number of nitrogens with one attached hydrogen (secondary N) is 1. The first-order valence-electron chi connectivity index (χ1n) is 9.02. The minimum absolute atomic E-state index is 0.378. The summed E-state index contributed by atoms with van der Waals surface area (Å²) in [4.78, 5) is 21.6. The van der Waals surface area contributed by atoms with Gasteiger partial charge < -0.3 is 21.1 Å². The van der Waals surface area contributed by atoms with Gasteiger partial charge in [-0.2, -0.15) is 0 Å². The van der Waals surface area contributed by atoms with E-state index in [0.29, 0.717) is 6.54 Å². The molecule has 1 atom stereocenters. The molecule has 0 saturated carbocycles. The highest BCUT2D eigenvalue weighted by atomic mass is 32.1.